The van der Waals surface area contributed by atoms with E-state index in [0.717, 1.165) is 5.39 Å². The lowest BCUT2D eigenvalue weighted by Gasteiger charge is -2.12. The summed E-state index contributed by atoms with van der Waals surface area (Å²) in [6.07, 6.45) is 0.669. The summed E-state index contributed by atoms with van der Waals surface area (Å²) in [6, 6.07) is 10.8. The molecule has 1 aromatic heterocycles. The normalized spacial score (nSPS) is 11.7. The molecule has 1 heterocycles. The smallest absolute Gasteiger partial charge is 0.357 e. The van der Waals surface area contributed by atoms with E-state index < -0.39 is 12.1 Å². The third-order valence-corrected chi connectivity index (χ3v) is 2.88. The number of esters is 1. The van der Waals surface area contributed by atoms with Crippen LogP contribution < -0.4 is 5.32 Å². The van der Waals surface area contributed by atoms with Gasteiger partial charge in [0.05, 0.1) is 5.52 Å². The SMILES string of the molecule is C=CCNC(=O)C(C)OC(=O)c1ccc2ccccc2n1. The van der Waals surface area contributed by atoms with Crippen molar-refractivity contribution >= 4 is 22.8 Å². The highest BCUT2D eigenvalue weighted by molar-refractivity contribution is 5.93. The molecule has 0 radical (unpaired) electrons. The van der Waals surface area contributed by atoms with Crippen LogP contribution in [0.5, 0.6) is 0 Å². The number of benzene rings is 1. The Morgan fingerprint density at radius 2 is 2.10 bits per heavy atom. The van der Waals surface area contributed by atoms with Crippen LogP contribution in [0, 0.1) is 0 Å². The average Bonchev–Trinajstić information content (AvgIpc) is 2.51. The Morgan fingerprint density at radius 1 is 1.33 bits per heavy atom. The number of ether oxygens (including phenoxy) is 1. The topological polar surface area (TPSA) is 68.3 Å². The Kier molecular flexibility index (Phi) is 4.66. The second kappa shape index (κ2) is 6.65. The fourth-order valence-electron chi connectivity index (χ4n) is 1.77. The van der Waals surface area contributed by atoms with Crippen molar-refractivity contribution < 1.29 is 14.3 Å². The van der Waals surface area contributed by atoms with Gasteiger partial charge in [0, 0.05) is 11.9 Å². The van der Waals surface area contributed by atoms with Crippen molar-refractivity contribution in [2.75, 3.05) is 6.54 Å². The highest BCUT2D eigenvalue weighted by atomic mass is 16.5. The molecule has 0 saturated heterocycles. The molecule has 0 aliphatic rings. The number of amides is 1. The summed E-state index contributed by atoms with van der Waals surface area (Å²) in [6.45, 7) is 5.34. The van der Waals surface area contributed by atoms with Crippen LogP contribution >= 0.6 is 0 Å². The number of nitrogens with zero attached hydrogens (tertiary/aromatic N) is 1. The van der Waals surface area contributed by atoms with E-state index in [0.29, 0.717) is 12.1 Å². The second-order valence-corrected chi connectivity index (χ2v) is 4.47. The number of hydrogen-bond donors (Lipinski definition) is 1. The van der Waals surface area contributed by atoms with Crippen molar-refractivity contribution in [3.05, 3.63) is 54.7 Å². The van der Waals surface area contributed by atoms with Crippen LogP contribution in [0.2, 0.25) is 0 Å². The molecule has 1 aromatic carbocycles. The quantitative estimate of drug-likeness (QED) is 0.674. The Bertz CT molecular complexity index is 682. The van der Waals surface area contributed by atoms with Gasteiger partial charge < -0.3 is 10.1 Å². The first-order valence-corrected chi connectivity index (χ1v) is 6.57. The largest absolute Gasteiger partial charge is 0.448 e. The molecule has 0 aliphatic heterocycles. The highest BCUT2D eigenvalue weighted by Crippen LogP contribution is 2.12. The number of aromatic nitrogens is 1. The predicted octanol–water partition coefficient (Wildman–Crippen LogP) is 2.08. The monoisotopic (exact) mass is 284 g/mol. The van der Waals surface area contributed by atoms with Crippen LogP contribution in [-0.4, -0.2) is 29.5 Å². The number of nitrogens with one attached hydrogen (secondary N) is 1. The zero-order valence-electron chi connectivity index (χ0n) is 11.7. The molecule has 0 fully saturated rings. The van der Waals surface area contributed by atoms with E-state index in [1.807, 2.05) is 24.3 Å². The molecule has 2 aromatic rings. The fourth-order valence-corrected chi connectivity index (χ4v) is 1.77. The summed E-state index contributed by atoms with van der Waals surface area (Å²) in [5.74, 6) is -0.994. The molecule has 5 nitrogen and oxygen atoms in total. The minimum Gasteiger partial charge on any atom is -0.448 e. The van der Waals surface area contributed by atoms with Crippen LogP contribution in [0.3, 0.4) is 0 Å². The molecule has 0 aliphatic carbocycles. The number of pyridine rings is 1. The molecule has 5 heteroatoms. The zero-order chi connectivity index (χ0) is 15.2. The minimum atomic E-state index is -0.884. The molecule has 2 rings (SSSR count). The molecule has 0 saturated carbocycles. The highest BCUT2D eigenvalue weighted by Gasteiger charge is 2.19. The molecule has 0 spiro atoms. The molecule has 1 amide bonds. The minimum absolute atomic E-state index is 0.178. The number of rotatable bonds is 5. The third-order valence-electron chi connectivity index (χ3n) is 2.88. The van der Waals surface area contributed by atoms with Gasteiger partial charge in [-0.3, -0.25) is 4.79 Å². The number of para-hydroxylation sites is 1. The first kappa shape index (κ1) is 14.7. The van der Waals surface area contributed by atoms with Crippen molar-refractivity contribution in [1.29, 1.82) is 0 Å². The van der Waals surface area contributed by atoms with E-state index in [2.05, 4.69) is 16.9 Å². The standard InChI is InChI=1S/C16H16N2O3/c1-3-10-17-15(19)11(2)21-16(20)14-9-8-12-6-4-5-7-13(12)18-14/h3-9,11H,1,10H2,2H3,(H,17,19). The Hall–Kier alpha value is -2.69. The van der Waals surface area contributed by atoms with Gasteiger partial charge in [-0.25, -0.2) is 9.78 Å². The molecular weight excluding hydrogens is 268 g/mol. The maximum atomic E-state index is 12.0. The number of carbonyl (C=O) groups is 2. The molecule has 1 atom stereocenters. The Balaban J connectivity index is 2.07. The van der Waals surface area contributed by atoms with Gasteiger partial charge in [0.25, 0.3) is 5.91 Å². The lowest BCUT2D eigenvalue weighted by molar-refractivity contribution is -0.128. The lowest BCUT2D eigenvalue weighted by atomic mass is 10.2. The summed E-state index contributed by atoms with van der Waals surface area (Å²) in [7, 11) is 0. The van der Waals surface area contributed by atoms with E-state index in [1.165, 1.54) is 6.92 Å². The average molecular weight is 284 g/mol. The maximum absolute atomic E-state index is 12.0. The van der Waals surface area contributed by atoms with E-state index in [4.69, 9.17) is 4.74 Å². The van der Waals surface area contributed by atoms with E-state index in [1.54, 1.807) is 18.2 Å². The van der Waals surface area contributed by atoms with Gasteiger partial charge in [-0.05, 0) is 19.1 Å². The number of fused-ring (bicyclic) bond motifs is 1. The zero-order valence-corrected chi connectivity index (χ0v) is 11.7. The lowest BCUT2D eigenvalue weighted by Crippen LogP contribution is -2.36. The van der Waals surface area contributed by atoms with Gasteiger partial charge in [-0.15, -0.1) is 6.58 Å². The van der Waals surface area contributed by atoms with Crippen molar-refractivity contribution in [2.24, 2.45) is 0 Å². The Labute approximate surface area is 122 Å². The van der Waals surface area contributed by atoms with Crippen LogP contribution in [0.25, 0.3) is 10.9 Å². The molecule has 1 N–H and O–H groups in total. The van der Waals surface area contributed by atoms with E-state index in [9.17, 15) is 9.59 Å². The molecule has 0 bridgehead atoms. The summed E-state index contributed by atoms with van der Waals surface area (Å²) in [4.78, 5) is 27.8. The summed E-state index contributed by atoms with van der Waals surface area (Å²) >= 11 is 0. The summed E-state index contributed by atoms with van der Waals surface area (Å²) in [5.41, 5.74) is 0.882. The van der Waals surface area contributed by atoms with Gasteiger partial charge >= 0.3 is 5.97 Å². The van der Waals surface area contributed by atoms with Gasteiger partial charge in [0.15, 0.2) is 6.10 Å². The van der Waals surface area contributed by atoms with Gasteiger partial charge in [-0.1, -0.05) is 30.3 Å². The van der Waals surface area contributed by atoms with Crippen LogP contribution in [0.15, 0.2) is 49.1 Å². The summed E-state index contributed by atoms with van der Waals surface area (Å²) in [5, 5.41) is 3.50. The number of carbonyl (C=O) groups excluding carboxylic acids is 2. The van der Waals surface area contributed by atoms with E-state index in [-0.39, 0.29) is 11.6 Å². The van der Waals surface area contributed by atoms with Gasteiger partial charge in [0.2, 0.25) is 0 Å². The van der Waals surface area contributed by atoms with Crippen LogP contribution in [0.4, 0.5) is 0 Å². The van der Waals surface area contributed by atoms with Gasteiger partial charge in [0.1, 0.15) is 5.69 Å². The number of hydrogen-bond acceptors (Lipinski definition) is 4. The maximum Gasteiger partial charge on any atom is 0.357 e. The van der Waals surface area contributed by atoms with Crippen LogP contribution in [-0.2, 0) is 9.53 Å². The van der Waals surface area contributed by atoms with Gasteiger partial charge in [-0.2, -0.15) is 0 Å². The molecule has 21 heavy (non-hydrogen) atoms. The Morgan fingerprint density at radius 3 is 2.86 bits per heavy atom. The first-order chi connectivity index (χ1) is 10.1. The van der Waals surface area contributed by atoms with E-state index >= 15 is 0 Å². The van der Waals surface area contributed by atoms with Crippen molar-refractivity contribution in [1.82, 2.24) is 10.3 Å². The van der Waals surface area contributed by atoms with Crippen molar-refractivity contribution in [3.63, 3.8) is 0 Å². The molecule has 108 valence electrons. The molecule has 1 unspecified atom stereocenters. The fraction of sp³-hybridized carbons (Fsp3) is 0.188. The third kappa shape index (κ3) is 3.66. The first-order valence-electron chi connectivity index (χ1n) is 6.57. The predicted molar refractivity (Wildman–Crippen MR) is 79.8 cm³/mol. The second-order valence-electron chi connectivity index (χ2n) is 4.47. The molecular formula is C16H16N2O3. The van der Waals surface area contributed by atoms with Crippen LogP contribution in [0.1, 0.15) is 17.4 Å². The van der Waals surface area contributed by atoms with Crippen molar-refractivity contribution in [2.45, 2.75) is 13.0 Å². The summed E-state index contributed by atoms with van der Waals surface area (Å²) < 4.78 is 5.10. The van der Waals surface area contributed by atoms with Crippen molar-refractivity contribution in [3.8, 4) is 0 Å².